The fourth-order valence-corrected chi connectivity index (χ4v) is 5.47. The number of halogens is 4. The zero-order chi connectivity index (χ0) is 29.0. The van der Waals surface area contributed by atoms with Crippen LogP contribution >= 0.6 is 0 Å². The van der Waals surface area contributed by atoms with Crippen LogP contribution in [-0.2, 0) is 24.0 Å². The summed E-state index contributed by atoms with van der Waals surface area (Å²) < 4.78 is 68.0. The number of aromatic nitrogens is 1. The fraction of sp³-hybridized carbons (Fsp3) is 0.400. The normalized spacial score (nSPS) is 19.6. The summed E-state index contributed by atoms with van der Waals surface area (Å²) in [7, 11) is 0. The van der Waals surface area contributed by atoms with Crippen LogP contribution in [0.4, 0.5) is 17.6 Å². The number of rotatable bonds is 9. The van der Waals surface area contributed by atoms with Gasteiger partial charge in [-0.1, -0.05) is 6.07 Å². The van der Waals surface area contributed by atoms with Gasteiger partial charge in [-0.25, -0.2) is 9.37 Å². The second kappa shape index (κ2) is 10.1. The fourth-order valence-electron chi connectivity index (χ4n) is 5.47. The summed E-state index contributed by atoms with van der Waals surface area (Å²) >= 11 is 0. The molecule has 6 nitrogen and oxygen atoms in total. The van der Waals surface area contributed by atoms with E-state index in [1.165, 1.54) is 6.07 Å². The number of carbonyl (C=O) groups is 1. The van der Waals surface area contributed by atoms with Gasteiger partial charge in [0, 0.05) is 30.2 Å². The molecule has 1 fully saturated rings. The van der Waals surface area contributed by atoms with E-state index in [2.05, 4.69) is 4.98 Å². The van der Waals surface area contributed by atoms with Gasteiger partial charge in [0.2, 0.25) is 5.88 Å². The summed E-state index contributed by atoms with van der Waals surface area (Å²) in [5.74, 6) is -1.63. The molecule has 2 aliphatic carbocycles. The molecule has 2 aromatic carbocycles. The monoisotopic (exact) mass is 559 g/mol. The minimum absolute atomic E-state index is 0.0426. The molecule has 0 spiro atoms. The van der Waals surface area contributed by atoms with Crippen LogP contribution < -0.4 is 9.47 Å². The van der Waals surface area contributed by atoms with E-state index < -0.39 is 35.0 Å². The van der Waals surface area contributed by atoms with Crippen molar-refractivity contribution in [2.24, 2.45) is 11.8 Å². The second-order valence-corrected chi connectivity index (χ2v) is 11.1. The Hall–Kier alpha value is -3.66. The van der Waals surface area contributed by atoms with Crippen molar-refractivity contribution in [2.45, 2.75) is 57.9 Å². The molecule has 3 aromatic rings. The molecule has 1 heterocycles. The largest absolute Gasteiger partial charge is 0.493 e. The van der Waals surface area contributed by atoms with Crippen LogP contribution in [0, 0.1) is 24.6 Å². The summed E-state index contributed by atoms with van der Waals surface area (Å²) in [6, 6.07) is 7.96. The van der Waals surface area contributed by atoms with E-state index in [1.54, 1.807) is 45.2 Å². The average Bonchev–Trinajstić information content (AvgIpc) is 3.44. The van der Waals surface area contributed by atoms with E-state index in [-0.39, 0.29) is 47.6 Å². The number of aliphatic carboxylic acids is 1. The first-order valence-corrected chi connectivity index (χ1v) is 12.9. The zero-order valence-electron chi connectivity index (χ0n) is 22.2. The molecule has 212 valence electrons. The molecule has 3 atom stereocenters. The van der Waals surface area contributed by atoms with Gasteiger partial charge in [-0.3, -0.25) is 4.79 Å². The van der Waals surface area contributed by atoms with Crippen molar-refractivity contribution in [3.8, 4) is 22.8 Å². The summed E-state index contributed by atoms with van der Waals surface area (Å²) in [6.45, 7) is 4.83. The lowest BCUT2D eigenvalue weighted by Crippen LogP contribution is -2.21. The first kappa shape index (κ1) is 27.9. The number of ether oxygens (including phenoxy) is 2. The number of aliphatic hydroxyl groups is 1. The minimum Gasteiger partial charge on any atom is -0.493 e. The standard InChI is InChI=1S/C30H29F4NO5/c1-15-8-18(39-7-6-29(2,3)38)4-5-19(15)20-10-17(24(31)12-23(20)30(32,33)34)14-40-25-11-16-9-21-26(22(16)13-35-25)27(21)28(36)37/h4-5,8,10-13,21,26-27,38H,6-7,9,14H2,1-3H3,(H,36,37)/t21-,26-,27+/m1/s1. The minimum atomic E-state index is -4.79. The molecule has 40 heavy (non-hydrogen) atoms. The first-order chi connectivity index (χ1) is 18.7. The van der Waals surface area contributed by atoms with Crippen LogP contribution in [0.3, 0.4) is 0 Å². The summed E-state index contributed by atoms with van der Waals surface area (Å²) in [4.78, 5) is 15.5. The molecular weight excluding hydrogens is 530 g/mol. The lowest BCUT2D eigenvalue weighted by molar-refractivity contribution is -0.139. The van der Waals surface area contributed by atoms with E-state index in [4.69, 9.17) is 9.47 Å². The molecule has 1 aromatic heterocycles. The highest BCUT2D eigenvalue weighted by Crippen LogP contribution is 2.61. The molecule has 5 rings (SSSR count). The number of pyridine rings is 1. The molecule has 10 heteroatoms. The molecule has 0 bridgehead atoms. The Labute approximate surface area is 228 Å². The topological polar surface area (TPSA) is 88.9 Å². The van der Waals surface area contributed by atoms with Gasteiger partial charge in [-0.05, 0) is 85.2 Å². The van der Waals surface area contributed by atoms with Gasteiger partial charge in [0.1, 0.15) is 18.2 Å². The smallest absolute Gasteiger partial charge is 0.417 e. The van der Waals surface area contributed by atoms with Gasteiger partial charge in [0.15, 0.2) is 0 Å². The number of carboxylic acid groups (broad SMARTS) is 1. The molecule has 0 amide bonds. The van der Waals surface area contributed by atoms with Crippen molar-refractivity contribution in [1.29, 1.82) is 0 Å². The number of hydrogen-bond donors (Lipinski definition) is 2. The lowest BCUT2D eigenvalue weighted by Gasteiger charge is -2.19. The van der Waals surface area contributed by atoms with Crippen LogP contribution in [-0.4, -0.2) is 33.4 Å². The zero-order valence-corrected chi connectivity index (χ0v) is 22.2. The third-order valence-electron chi connectivity index (χ3n) is 7.61. The SMILES string of the molecule is Cc1cc(OCCC(C)(C)O)ccc1-c1cc(COc2cc3c(cn2)[C@H]2[C@@H](C3)[C@@H]2C(=O)O)c(F)cc1C(F)(F)F. The van der Waals surface area contributed by atoms with Gasteiger partial charge in [-0.2, -0.15) is 13.2 Å². The maximum Gasteiger partial charge on any atom is 0.417 e. The molecule has 0 saturated heterocycles. The van der Waals surface area contributed by atoms with Gasteiger partial charge in [0.25, 0.3) is 0 Å². The Balaban J connectivity index is 1.37. The van der Waals surface area contributed by atoms with Gasteiger partial charge >= 0.3 is 12.1 Å². The Morgan fingerprint density at radius 2 is 1.85 bits per heavy atom. The van der Waals surface area contributed by atoms with Crippen molar-refractivity contribution < 1.29 is 42.0 Å². The van der Waals surface area contributed by atoms with Crippen LogP contribution in [0.25, 0.3) is 11.1 Å². The second-order valence-electron chi connectivity index (χ2n) is 11.1. The Bertz CT molecular complexity index is 1460. The molecular formula is C30H29F4NO5. The maximum atomic E-state index is 14.9. The quantitative estimate of drug-likeness (QED) is 0.299. The van der Waals surface area contributed by atoms with Crippen LogP contribution in [0.1, 0.15) is 54.0 Å². The van der Waals surface area contributed by atoms with Crippen molar-refractivity contribution in [3.05, 3.63) is 76.2 Å². The first-order valence-electron chi connectivity index (χ1n) is 12.9. The molecule has 2 aliphatic rings. The molecule has 0 unspecified atom stereocenters. The summed E-state index contributed by atoms with van der Waals surface area (Å²) in [5.41, 5.74) is 0.299. The van der Waals surface area contributed by atoms with Crippen molar-refractivity contribution in [1.82, 2.24) is 4.98 Å². The van der Waals surface area contributed by atoms with Gasteiger partial charge < -0.3 is 19.7 Å². The van der Waals surface area contributed by atoms with E-state index in [9.17, 15) is 32.6 Å². The van der Waals surface area contributed by atoms with Crippen molar-refractivity contribution in [3.63, 3.8) is 0 Å². The highest BCUT2D eigenvalue weighted by molar-refractivity contribution is 5.78. The van der Waals surface area contributed by atoms with E-state index in [0.717, 1.165) is 17.2 Å². The highest BCUT2D eigenvalue weighted by atomic mass is 19.4. The van der Waals surface area contributed by atoms with E-state index >= 15 is 0 Å². The van der Waals surface area contributed by atoms with E-state index in [1.807, 2.05) is 0 Å². The Morgan fingerprint density at radius 3 is 2.50 bits per heavy atom. The number of nitrogens with zero attached hydrogens (tertiary/aromatic N) is 1. The number of carboxylic acids is 1. The number of fused-ring (bicyclic) bond motifs is 3. The third-order valence-corrected chi connectivity index (χ3v) is 7.61. The number of hydrogen-bond acceptors (Lipinski definition) is 5. The van der Waals surface area contributed by atoms with Crippen molar-refractivity contribution in [2.75, 3.05) is 6.61 Å². The van der Waals surface area contributed by atoms with Crippen LogP contribution in [0.5, 0.6) is 11.6 Å². The van der Waals surface area contributed by atoms with Gasteiger partial charge in [0.05, 0.1) is 23.7 Å². The summed E-state index contributed by atoms with van der Waals surface area (Å²) in [5, 5.41) is 19.1. The summed E-state index contributed by atoms with van der Waals surface area (Å²) in [6.07, 6.45) is -2.26. The maximum absolute atomic E-state index is 14.9. The van der Waals surface area contributed by atoms with Crippen molar-refractivity contribution >= 4 is 5.97 Å². The third kappa shape index (κ3) is 5.63. The number of aryl methyl sites for hydroxylation is 1. The Morgan fingerprint density at radius 1 is 1.10 bits per heavy atom. The Kier molecular flexibility index (Phi) is 7.02. The van der Waals surface area contributed by atoms with Gasteiger partial charge in [-0.15, -0.1) is 0 Å². The van der Waals surface area contributed by atoms with Crippen LogP contribution in [0.15, 0.2) is 42.6 Å². The average molecular weight is 560 g/mol. The highest BCUT2D eigenvalue weighted by Gasteiger charge is 2.60. The molecule has 0 aliphatic heterocycles. The number of alkyl halides is 3. The predicted octanol–water partition coefficient (Wildman–Crippen LogP) is 6.30. The molecule has 2 N–H and O–H groups in total. The molecule has 0 radical (unpaired) electrons. The molecule has 1 saturated carbocycles. The van der Waals surface area contributed by atoms with E-state index in [0.29, 0.717) is 30.2 Å². The predicted molar refractivity (Wildman–Crippen MR) is 138 cm³/mol. The lowest BCUT2D eigenvalue weighted by atomic mass is 9.93. The van der Waals surface area contributed by atoms with Crippen LogP contribution in [0.2, 0.25) is 0 Å². The number of benzene rings is 2.